The predicted octanol–water partition coefficient (Wildman–Crippen LogP) is -0.142. The maximum atomic E-state index is 12.1. The first-order chi connectivity index (χ1) is 8.60. The molecular weight excluding hydrogens is 234 g/mol. The van der Waals surface area contributed by atoms with Gasteiger partial charge in [0.25, 0.3) is 11.5 Å². The summed E-state index contributed by atoms with van der Waals surface area (Å²) < 4.78 is 0. The van der Waals surface area contributed by atoms with Crippen molar-refractivity contribution in [1.29, 1.82) is 0 Å². The van der Waals surface area contributed by atoms with Crippen molar-refractivity contribution < 1.29 is 9.90 Å². The van der Waals surface area contributed by atoms with E-state index in [1.54, 1.807) is 4.90 Å². The van der Waals surface area contributed by atoms with Gasteiger partial charge in [0.1, 0.15) is 0 Å². The number of nitrogens with one attached hydrogen (secondary N) is 1. The highest BCUT2D eigenvalue weighted by molar-refractivity contribution is 5.94. The van der Waals surface area contributed by atoms with Crippen molar-refractivity contribution in [3.63, 3.8) is 0 Å². The Morgan fingerprint density at radius 1 is 1.33 bits per heavy atom. The summed E-state index contributed by atoms with van der Waals surface area (Å²) in [7, 11) is 0. The highest BCUT2D eigenvalue weighted by Gasteiger charge is 2.21. The number of carbonyl (C=O) groups is 1. The molecule has 0 atom stereocenters. The van der Waals surface area contributed by atoms with E-state index < -0.39 is 5.56 Å². The molecule has 0 spiro atoms. The van der Waals surface area contributed by atoms with Crippen LogP contribution in [0, 0.1) is 0 Å². The van der Waals surface area contributed by atoms with Crippen molar-refractivity contribution in [2.45, 2.75) is 6.92 Å². The number of aromatic nitrogens is 1. The summed E-state index contributed by atoms with van der Waals surface area (Å²) in [5, 5.41) is 9.29. The lowest BCUT2D eigenvalue weighted by Gasteiger charge is -2.34. The fourth-order valence-corrected chi connectivity index (χ4v) is 2.10. The average Bonchev–Trinajstić information content (AvgIpc) is 2.37. The van der Waals surface area contributed by atoms with Gasteiger partial charge in [-0.3, -0.25) is 14.6 Å². The summed E-state index contributed by atoms with van der Waals surface area (Å²) in [5.74, 6) is -0.481. The van der Waals surface area contributed by atoms with Crippen LogP contribution in [0.15, 0.2) is 16.9 Å². The third-order valence-electron chi connectivity index (χ3n) is 3.18. The number of aromatic hydroxyl groups is 1. The van der Waals surface area contributed by atoms with E-state index >= 15 is 0 Å². The molecule has 98 valence electrons. The van der Waals surface area contributed by atoms with E-state index in [1.165, 1.54) is 12.1 Å². The zero-order valence-electron chi connectivity index (χ0n) is 10.3. The average molecular weight is 251 g/mol. The minimum atomic E-state index is -0.467. The van der Waals surface area contributed by atoms with Crippen molar-refractivity contribution in [2.24, 2.45) is 0 Å². The molecule has 1 saturated heterocycles. The molecule has 1 aliphatic rings. The SMILES string of the molecule is CCN1CCN(C(=O)c2cc(O)[nH]c(=O)c2)CC1. The monoisotopic (exact) mass is 251 g/mol. The zero-order valence-corrected chi connectivity index (χ0v) is 10.3. The molecule has 1 amide bonds. The molecular formula is C12H17N3O3. The third kappa shape index (κ3) is 2.70. The quantitative estimate of drug-likeness (QED) is 0.767. The fraction of sp³-hybridized carbons (Fsp3) is 0.500. The molecule has 0 unspecified atom stereocenters. The first kappa shape index (κ1) is 12.6. The van der Waals surface area contributed by atoms with Crippen LogP contribution >= 0.6 is 0 Å². The number of piperazine rings is 1. The maximum absolute atomic E-state index is 12.1. The lowest BCUT2D eigenvalue weighted by atomic mass is 10.2. The Morgan fingerprint density at radius 2 is 2.00 bits per heavy atom. The molecule has 0 radical (unpaired) electrons. The Balaban J connectivity index is 2.10. The molecule has 0 bridgehead atoms. The maximum Gasteiger partial charge on any atom is 0.254 e. The van der Waals surface area contributed by atoms with Crippen molar-refractivity contribution in [3.05, 3.63) is 28.0 Å². The number of aromatic amines is 1. The highest BCUT2D eigenvalue weighted by atomic mass is 16.3. The Kier molecular flexibility index (Phi) is 3.66. The summed E-state index contributed by atoms with van der Waals surface area (Å²) in [6.07, 6.45) is 0. The highest BCUT2D eigenvalue weighted by Crippen LogP contribution is 2.10. The molecule has 2 heterocycles. The van der Waals surface area contributed by atoms with Gasteiger partial charge in [-0.2, -0.15) is 0 Å². The van der Waals surface area contributed by atoms with Crippen LogP contribution in [0.5, 0.6) is 5.88 Å². The van der Waals surface area contributed by atoms with Gasteiger partial charge in [-0.25, -0.2) is 0 Å². The van der Waals surface area contributed by atoms with E-state index in [9.17, 15) is 14.7 Å². The van der Waals surface area contributed by atoms with Gasteiger partial charge in [0.2, 0.25) is 0 Å². The molecule has 1 aromatic rings. The number of hydrogen-bond donors (Lipinski definition) is 2. The second-order valence-electron chi connectivity index (χ2n) is 4.34. The van der Waals surface area contributed by atoms with Gasteiger partial charge in [-0.1, -0.05) is 6.92 Å². The van der Waals surface area contributed by atoms with Gasteiger partial charge in [0, 0.05) is 38.3 Å². The van der Waals surface area contributed by atoms with E-state index in [0.717, 1.165) is 19.6 Å². The van der Waals surface area contributed by atoms with E-state index in [1.807, 2.05) is 0 Å². The van der Waals surface area contributed by atoms with E-state index in [4.69, 9.17) is 0 Å². The summed E-state index contributed by atoms with van der Waals surface area (Å²) in [4.78, 5) is 29.5. The molecule has 18 heavy (non-hydrogen) atoms. The molecule has 2 N–H and O–H groups in total. The standard InChI is InChI=1S/C12H17N3O3/c1-2-14-3-5-15(6-4-14)12(18)9-7-10(16)13-11(17)8-9/h7-8H,2-6H2,1H3,(H2,13,16,17). The molecule has 6 heteroatoms. The van der Waals surface area contributed by atoms with E-state index in [-0.39, 0.29) is 17.4 Å². The van der Waals surface area contributed by atoms with Crippen molar-refractivity contribution >= 4 is 5.91 Å². The van der Waals surface area contributed by atoms with Gasteiger partial charge in [0.05, 0.1) is 5.56 Å². The first-order valence-corrected chi connectivity index (χ1v) is 6.05. The van der Waals surface area contributed by atoms with E-state index in [0.29, 0.717) is 13.1 Å². The lowest BCUT2D eigenvalue weighted by molar-refractivity contribution is 0.0642. The first-order valence-electron chi connectivity index (χ1n) is 6.05. The van der Waals surface area contributed by atoms with Gasteiger partial charge < -0.3 is 14.9 Å². The number of rotatable bonds is 2. The van der Waals surface area contributed by atoms with Gasteiger partial charge in [0.15, 0.2) is 5.88 Å². The van der Waals surface area contributed by atoms with Crippen LogP contribution in [-0.2, 0) is 0 Å². The molecule has 1 fully saturated rings. The van der Waals surface area contributed by atoms with Crippen molar-refractivity contribution in [2.75, 3.05) is 32.7 Å². The lowest BCUT2D eigenvalue weighted by Crippen LogP contribution is -2.48. The van der Waals surface area contributed by atoms with Crippen LogP contribution in [0.4, 0.5) is 0 Å². The van der Waals surface area contributed by atoms with E-state index in [2.05, 4.69) is 16.8 Å². The van der Waals surface area contributed by atoms with Crippen LogP contribution in [-0.4, -0.2) is 58.5 Å². The van der Waals surface area contributed by atoms with Crippen molar-refractivity contribution in [3.8, 4) is 5.88 Å². The summed E-state index contributed by atoms with van der Waals surface area (Å²) in [5.41, 5.74) is -0.230. The minimum Gasteiger partial charge on any atom is -0.494 e. The topological polar surface area (TPSA) is 76.6 Å². The second kappa shape index (κ2) is 5.22. The Labute approximate surface area is 105 Å². The number of hydrogen-bond acceptors (Lipinski definition) is 4. The molecule has 1 aromatic heterocycles. The van der Waals surface area contributed by atoms with Crippen LogP contribution in [0.25, 0.3) is 0 Å². The Hall–Kier alpha value is -1.82. The normalized spacial score (nSPS) is 16.8. The molecule has 6 nitrogen and oxygen atoms in total. The van der Waals surface area contributed by atoms with Crippen LogP contribution in [0.3, 0.4) is 0 Å². The fourth-order valence-electron chi connectivity index (χ4n) is 2.10. The predicted molar refractivity (Wildman–Crippen MR) is 66.7 cm³/mol. The number of nitrogens with zero attached hydrogens (tertiary/aromatic N) is 2. The number of H-pyrrole nitrogens is 1. The number of pyridine rings is 1. The summed E-state index contributed by atoms with van der Waals surface area (Å²) >= 11 is 0. The molecule has 0 saturated carbocycles. The Morgan fingerprint density at radius 3 is 2.56 bits per heavy atom. The second-order valence-corrected chi connectivity index (χ2v) is 4.34. The molecule has 0 aromatic carbocycles. The molecule has 2 rings (SSSR count). The van der Waals surface area contributed by atoms with Crippen molar-refractivity contribution in [1.82, 2.24) is 14.8 Å². The van der Waals surface area contributed by atoms with Gasteiger partial charge >= 0.3 is 0 Å². The smallest absolute Gasteiger partial charge is 0.254 e. The number of likely N-dealkylation sites (N-methyl/N-ethyl adjacent to an activating group) is 1. The largest absolute Gasteiger partial charge is 0.494 e. The molecule has 1 aliphatic heterocycles. The Bertz CT molecular complexity index is 490. The molecule has 0 aliphatic carbocycles. The number of amides is 1. The van der Waals surface area contributed by atoms with Crippen LogP contribution < -0.4 is 5.56 Å². The van der Waals surface area contributed by atoms with Gasteiger partial charge in [-0.15, -0.1) is 0 Å². The number of carbonyl (C=O) groups excluding carboxylic acids is 1. The van der Waals surface area contributed by atoms with Crippen LogP contribution in [0.2, 0.25) is 0 Å². The minimum absolute atomic E-state index is 0.202. The summed E-state index contributed by atoms with van der Waals surface area (Å²) in [6, 6.07) is 2.50. The summed E-state index contributed by atoms with van der Waals surface area (Å²) in [6.45, 7) is 6.06. The van der Waals surface area contributed by atoms with Gasteiger partial charge in [-0.05, 0) is 6.54 Å². The zero-order chi connectivity index (χ0) is 13.1. The van der Waals surface area contributed by atoms with Crippen LogP contribution in [0.1, 0.15) is 17.3 Å². The third-order valence-corrected chi connectivity index (χ3v) is 3.18.